The highest BCUT2D eigenvalue weighted by Crippen LogP contribution is 2.03. The van der Waals surface area contributed by atoms with Gasteiger partial charge < -0.3 is 10.2 Å². The second kappa shape index (κ2) is 8.99. The van der Waals surface area contributed by atoms with E-state index in [0.717, 1.165) is 25.3 Å². The Morgan fingerprint density at radius 1 is 1.00 bits per heavy atom. The minimum Gasteiger partial charge on any atom is -0.481 e. The van der Waals surface area contributed by atoms with Crippen LogP contribution in [0.25, 0.3) is 0 Å². The molecule has 4 heteroatoms. The molecule has 0 radical (unpaired) electrons. The maximum atomic E-state index is 10.2. The molecule has 0 aliphatic rings. The second-order valence-corrected chi connectivity index (χ2v) is 3.12. The van der Waals surface area contributed by atoms with Gasteiger partial charge in [-0.05, 0) is 19.3 Å². The van der Waals surface area contributed by atoms with Gasteiger partial charge in [-0.3, -0.25) is 4.79 Å². The molecule has 4 nitrogen and oxygen atoms in total. The summed E-state index contributed by atoms with van der Waals surface area (Å²) < 4.78 is 0. The Balaban J connectivity index is 3.31. The summed E-state index contributed by atoms with van der Waals surface area (Å²) in [5.41, 5.74) is 0. The van der Waals surface area contributed by atoms with E-state index in [1.165, 1.54) is 6.08 Å². The van der Waals surface area contributed by atoms with Crippen molar-refractivity contribution in [1.82, 2.24) is 0 Å². The number of aliphatic carboxylic acids is 2. The van der Waals surface area contributed by atoms with Crippen LogP contribution in [-0.4, -0.2) is 22.2 Å². The third-order valence-corrected chi connectivity index (χ3v) is 1.75. The summed E-state index contributed by atoms with van der Waals surface area (Å²) in [5, 5.41) is 16.6. The number of hydrogen-bond donors (Lipinski definition) is 2. The number of hydrogen-bond acceptors (Lipinski definition) is 2. The number of rotatable bonds is 8. The van der Waals surface area contributed by atoms with Crippen molar-refractivity contribution in [2.24, 2.45) is 0 Å². The Hall–Kier alpha value is -1.58. The molecule has 0 aromatic heterocycles. The Morgan fingerprint density at radius 2 is 1.73 bits per heavy atom. The maximum Gasteiger partial charge on any atom is 0.328 e. The molecule has 0 fully saturated rings. The predicted molar refractivity (Wildman–Crippen MR) is 56.6 cm³/mol. The van der Waals surface area contributed by atoms with Crippen LogP contribution in [0, 0.1) is 0 Å². The van der Waals surface area contributed by atoms with Crippen LogP contribution < -0.4 is 0 Å². The lowest BCUT2D eigenvalue weighted by molar-refractivity contribution is -0.137. The fraction of sp³-hybridized carbons (Fsp3) is 0.455. The summed E-state index contributed by atoms with van der Waals surface area (Å²) in [6.45, 7) is 0. The molecule has 0 spiro atoms. The average Bonchev–Trinajstić information content (AvgIpc) is 2.14. The van der Waals surface area contributed by atoms with Crippen molar-refractivity contribution in [2.75, 3.05) is 0 Å². The quantitative estimate of drug-likeness (QED) is 0.367. The number of carboxylic acids is 2. The van der Waals surface area contributed by atoms with Gasteiger partial charge in [0, 0.05) is 12.5 Å². The fourth-order valence-corrected chi connectivity index (χ4v) is 1.03. The first-order valence-corrected chi connectivity index (χ1v) is 4.91. The van der Waals surface area contributed by atoms with E-state index < -0.39 is 11.9 Å². The first-order valence-electron chi connectivity index (χ1n) is 4.91. The highest BCUT2D eigenvalue weighted by molar-refractivity contribution is 5.80. The van der Waals surface area contributed by atoms with Crippen LogP contribution >= 0.6 is 0 Å². The van der Waals surface area contributed by atoms with Crippen LogP contribution in [0.1, 0.15) is 32.1 Å². The lowest BCUT2D eigenvalue weighted by Crippen LogP contribution is -1.93. The number of carbonyl (C=O) groups is 2. The molecule has 0 aromatic carbocycles. The summed E-state index contributed by atoms with van der Waals surface area (Å²) in [6.07, 6.45) is 9.70. The van der Waals surface area contributed by atoms with Gasteiger partial charge >= 0.3 is 11.9 Å². The molecule has 0 saturated carbocycles. The molecule has 0 atom stereocenters. The van der Waals surface area contributed by atoms with E-state index in [2.05, 4.69) is 0 Å². The largest absolute Gasteiger partial charge is 0.481 e. The smallest absolute Gasteiger partial charge is 0.328 e. The van der Waals surface area contributed by atoms with Crippen molar-refractivity contribution in [2.45, 2.75) is 32.1 Å². The molecule has 0 aliphatic heterocycles. The van der Waals surface area contributed by atoms with E-state index in [0.29, 0.717) is 6.42 Å². The van der Waals surface area contributed by atoms with Crippen molar-refractivity contribution in [1.29, 1.82) is 0 Å². The van der Waals surface area contributed by atoms with E-state index in [4.69, 9.17) is 10.2 Å². The van der Waals surface area contributed by atoms with Crippen molar-refractivity contribution in [3.05, 3.63) is 24.3 Å². The predicted octanol–water partition coefficient (Wildman–Crippen LogP) is 2.22. The molecule has 0 aliphatic carbocycles. The van der Waals surface area contributed by atoms with Gasteiger partial charge in [0.15, 0.2) is 0 Å². The molecule has 0 unspecified atom stereocenters. The molecule has 2 N–H and O–H groups in total. The molecule has 0 saturated heterocycles. The fourth-order valence-electron chi connectivity index (χ4n) is 1.03. The minimum absolute atomic E-state index is 0.225. The lowest BCUT2D eigenvalue weighted by atomic mass is 10.1. The summed E-state index contributed by atoms with van der Waals surface area (Å²) in [4.78, 5) is 20.2. The van der Waals surface area contributed by atoms with Gasteiger partial charge in [0.1, 0.15) is 0 Å². The zero-order valence-corrected chi connectivity index (χ0v) is 8.56. The van der Waals surface area contributed by atoms with E-state index in [1.54, 1.807) is 6.08 Å². The standard InChI is InChI=1S/C11H16O4/c12-10(13)8-6-4-2-1-3-5-7-9-11(14)15/h2,4,6,8H,1,3,5,7,9H2,(H,12,13)(H,14,15). The average molecular weight is 212 g/mol. The van der Waals surface area contributed by atoms with Gasteiger partial charge in [0.05, 0.1) is 0 Å². The molecule has 0 aromatic rings. The van der Waals surface area contributed by atoms with Crippen LogP contribution in [0.3, 0.4) is 0 Å². The van der Waals surface area contributed by atoms with Crippen LogP contribution in [0.5, 0.6) is 0 Å². The van der Waals surface area contributed by atoms with Crippen molar-refractivity contribution >= 4 is 11.9 Å². The number of carboxylic acid groups (broad SMARTS) is 2. The Bertz CT molecular complexity index is 253. The van der Waals surface area contributed by atoms with E-state index in [-0.39, 0.29) is 6.42 Å². The monoisotopic (exact) mass is 212 g/mol. The van der Waals surface area contributed by atoms with E-state index >= 15 is 0 Å². The Morgan fingerprint density at radius 3 is 2.33 bits per heavy atom. The van der Waals surface area contributed by atoms with E-state index in [1.807, 2.05) is 6.08 Å². The zero-order valence-electron chi connectivity index (χ0n) is 8.56. The second-order valence-electron chi connectivity index (χ2n) is 3.12. The molecule has 15 heavy (non-hydrogen) atoms. The topological polar surface area (TPSA) is 74.6 Å². The molecule has 0 bridgehead atoms. The summed E-state index contributed by atoms with van der Waals surface area (Å²) >= 11 is 0. The highest BCUT2D eigenvalue weighted by Gasteiger charge is 1.94. The van der Waals surface area contributed by atoms with Crippen LogP contribution in [0.4, 0.5) is 0 Å². The lowest BCUT2D eigenvalue weighted by Gasteiger charge is -1.94. The SMILES string of the molecule is O=C(O)C=CC=CCCCCCC(=O)O. The minimum atomic E-state index is -0.957. The molecular weight excluding hydrogens is 196 g/mol. The summed E-state index contributed by atoms with van der Waals surface area (Å²) in [7, 11) is 0. The molecule has 0 heterocycles. The van der Waals surface area contributed by atoms with Gasteiger partial charge in [-0.25, -0.2) is 4.79 Å². The Labute approximate surface area is 88.9 Å². The molecule has 84 valence electrons. The summed E-state index contributed by atoms with van der Waals surface area (Å²) in [6, 6.07) is 0. The third-order valence-electron chi connectivity index (χ3n) is 1.75. The first kappa shape index (κ1) is 13.4. The molecule has 0 amide bonds. The highest BCUT2D eigenvalue weighted by atomic mass is 16.4. The third kappa shape index (κ3) is 12.4. The van der Waals surface area contributed by atoms with Gasteiger partial charge in [-0.15, -0.1) is 0 Å². The van der Waals surface area contributed by atoms with E-state index in [9.17, 15) is 9.59 Å². The van der Waals surface area contributed by atoms with Gasteiger partial charge in [-0.2, -0.15) is 0 Å². The summed E-state index contributed by atoms with van der Waals surface area (Å²) in [5.74, 6) is -1.71. The van der Waals surface area contributed by atoms with Crippen LogP contribution in [0.15, 0.2) is 24.3 Å². The number of allylic oxidation sites excluding steroid dienone is 3. The van der Waals surface area contributed by atoms with Crippen molar-refractivity contribution < 1.29 is 19.8 Å². The number of unbranched alkanes of at least 4 members (excludes halogenated alkanes) is 3. The van der Waals surface area contributed by atoms with Gasteiger partial charge in [0.2, 0.25) is 0 Å². The van der Waals surface area contributed by atoms with Crippen molar-refractivity contribution in [3.8, 4) is 0 Å². The maximum absolute atomic E-state index is 10.2. The van der Waals surface area contributed by atoms with Gasteiger partial charge in [0.25, 0.3) is 0 Å². The van der Waals surface area contributed by atoms with Crippen LogP contribution in [-0.2, 0) is 9.59 Å². The van der Waals surface area contributed by atoms with Gasteiger partial charge in [-0.1, -0.05) is 24.6 Å². The molecule has 0 rings (SSSR count). The van der Waals surface area contributed by atoms with Crippen molar-refractivity contribution in [3.63, 3.8) is 0 Å². The first-order chi connectivity index (χ1) is 7.13. The Kier molecular flexibility index (Phi) is 8.05. The normalized spacial score (nSPS) is 11.2. The zero-order chi connectivity index (χ0) is 11.5. The van der Waals surface area contributed by atoms with Crippen LogP contribution in [0.2, 0.25) is 0 Å². The molecular formula is C11H16O4.